The molecule has 0 bridgehead atoms. The van der Waals surface area contributed by atoms with Gasteiger partial charge >= 0.3 is 0 Å². The number of halogens is 1. The standard InChI is InChI=1S/C25H33ClN2O/c1-18(19-11-13-22(14-12-19)25(2,3)4)27-24(29)21-9-7-15-28(17-21)16-20-8-5-6-10-23(20)26/h5-6,8,10-14,18,21H,7,9,15-17H2,1-4H3,(H,27,29)/t18-,21+/m0/s1. The van der Waals surface area contributed by atoms with Gasteiger partial charge in [0, 0.05) is 18.1 Å². The third-order valence-corrected chi connectivity index (χ3v) is 6.23. The fourth-order valence-corrected chi connectivity index (χ4v) is 4.16. The first-order valence-electron chi connectivity index (χ1n) is 10.6. The number of hydrogen-bond acceptors (Lipinski definition) is 2. The lowest BCUT2D eigenvalue weighted by atomic mass is 9.86. The van der Waals surface area contributed by atoms with Gasteiger partial charge in [0.25, 0.3) is 0 Å². The zero-order valence-corrected chi connectivity index (χ0v) is 18.8. The molecule has 29 heavy (non-hydrogen) atoms. The van der Waals surface area contributed by atoms with Crippen LogP contribution >= 0.6 is 11.6 Å². The predicted molar refractivity (Wildman–Crippen MR) is 121 cm³/mol. The summed E-state index contributed by atoms with van der Waals surface area (Å²) in [4.78, 5) is 15.3. The molecule has 1 heterocycles. The molecular formula is C25H33ClN2O. The van der Waals surface area contributed by atoms with E-state index in [-0.39, 0.29) is 23.3 Å². The number of nitrogens with zero attached hydrogens (tertiary/aromatic N) is 1. The van der Waals surface area contributed by atoms with E-state index >= 15 is 0 Å². The Balaban J connectivity index is 1.57. The molecule has 1 N–H and O–H groups in total. The van der Waals surface area contributed by atoms with Gasteiger partial charge in [-0.2, -0.15) is 0 Å². The number of piperidine rings is 1. The number of carbonyl (C=O) groups is 1. The second-order valence-corrected chi connectivity index (χ2v) is 9.68. The number of nitrogens with one attached hydrogen (secondary N) is 1. The highest BCUT2D eigenvalue weighted by Gasteiger charge is 2.27. The van der Waals surface area contributed by atoms with Crippen molar-refractivity contribution < 1.29 is 4.79 Å². The van der Waals surface area contributed by atoms with Crippen molar-refractivity contribution in [2.24, 2.45) is 5.92 Å². The molecule has 2 aromatic rings. The van der Waals surface area contributed by atoms with Crippen molar-refractivity contribution in [2.45, 2.75) is 58.5 Å². The van der Waals surface area contributed by atoms with Gasteiger partial charge < -0.3 is 5.32 Å². The first-order valence-corrected chi connectivity index (χ1v) is 11.0. The molecule has 2 aromatic carbocycles. The summed E-state index contributed by atoms with van der Waals surface area (Å²) in [6, 6.07) is 16.6. The molecule has 4 heteroatoms. The Morgan fingerprint density at radius 3 is 2.52 bits per heavy atom. The van der Waals surface area contributed by atoms with E-state index in [1.807, 2.05) is 18.2 Å². The number of carbonyl (C=O) groups excluding carboxylic acids is 1. The zero-order valence-electron chi connectivity index (χ0n) is 18.0. The number of likely N-dealkylation sites (tertiary alicyclic amines) is 1. The SMILES string of the molecule is C[C@H](NC(=O)[C@@H]1CCCN(Cc2ccccc2Cl)C1)c1ccc(C(C)(C)C)cc1. The molecule has 3 rings (SSSR count). The Morgan fingerprint density at radius 2 is 1.86 bits per heavy atom. The van der Waals surface area contributed by atoms with E-state index in [0.717, 1.165) is 48.6 Å². The van der Waals surface area contributed by atoms with Crippen LogP contribution in [0, 0.1) is 5.92 Å². The van der Waals surface area contributed by atoms with E-state index in [4.69, 9.17) is 11.6 Å². The van der Waals surface area contributed by atoms with Crippen LogP contribution in [0.5, 0.6) is 0 Å². The molecule has 1 amide bonds. The summed E-state index contributed by atoms with van der Waals surface area (Å²) in [5.74, 6) is 0.184. The molecule has 156 valence electrons. The van der Waals surface area contributed by atoms with Crippen molar-refractivity contribution in [3.05, 3.63) is 70.2 Å². The number of rotatable bonds is 5. The molecule has 1 fully saturated rings. The molecule has 3 nitrogen and oxygen atoms in total. The molecule has 1 aliphatic heterocycles. The van der Waals surface area contributed by atoms with Gasteiger partial charge in [-0.05, 0) is 54.5 Å². The summed E-state index contributed by atoms with van der Waals surface area (Å²) in [6.07, 6.45) is 1.98. The van der Waals surface area contributed by atoms with Gasteiger partial charge in [-0.25, -0.2) is 0 Å². The average molecular weight is 413 g/mol. The molecule has 0 saturated carbocycles. The van der Waals surface area contributed by atoms with Crippen LogP contribution in [-0.4, -0.2) is 23.9 Å². The lowest BCUT2D eigenvalue weighted by Crippen LogP contribution is -2.43. The van der Waals surface area contributed by atoms with Crippen molar-refractivity contribution in [2.75, 3.05) is 13.1 Å². The summed E-state index contributed by atoms with van der Waals surface area (Å²) in [7, 11) is 0. The highest BCUT2D eigenvalue weighted by Crippen LogP contribution is 2.25. The quantitative estimate of drug-likeness (QED) is 0.680. The van der Waals surface area contributed by atoms with Gasteiger partial charge in [0.2, 0.25) is 5.91 Å². The maximum Gasteiger partial charge on any atom is 0.224 e. The molecule has 0 unspecified atom stereocenters. The monoisotopic (exact) mass is 412 g/mol. The average Bonchev–Trinajstić information content (AvgIpc) is 2.69. The highest BCUT2D eigenvalue weighted by atomic mass is 35.5. The third-order valence-electron chi connectivity index (χ3n) is 5.86. The normalized spacial score (nSPS) is 19.0. The number of amides is 1. The Morgan fingerprint density at radius 1 is 1.17 bits per heavy atom. The van der Waals surface area contributed by atoms with Crippen LogP contribution in [0.25, 0.3) is 0 Å². The van der Waals surface area contributed by atoms with E-state index < -0.39 is 0 Å². The van der Waals surface area contributed by atoms with Gasteiger partial charge in [0.15, 0.2) is 0 Å². The van der Waals surface area contributed by atoms with Crippen molar-refractivity contribution in [3.8, 4) is 0 Å². The third kappa shape index (κ3) is 5.83. The fraction of sp³-hybridized carbons (Fsp3) is 0.480. The summed E-state index contributed by atoms with van der Waals surface area (Å²) in [6.45, 7) is 11.3. The number of hydrogen-bond donors (Lipinski definition) is 1. The van der Waals surface area contributed by atoms with Crippen LogP contribution in [0.15, 0.2) is 48.5 Å². The maximum absolute atomic E-state index is 12.9. The van der Waals surface area contributed by atoms with E-state index in [1.165, 1.54) is 5.56 Å². The smallest absolute Gasteiger partial charge is 0.224 e. The molecular weight excluding hydrogens is 380 g/mol. The van der Waals surface area contributed by atoms with Crippen LogP contribution in [0.3, 0.4) is 0 Å². The second-order valence-electron chi connectivity index (χ2n) is 9.27. The first kappa shape index (κ1) is 21.9. The Labute approximate surface area is 180 Å². The van der Waals surface area contributed by atoms with E-state index in [9.17, 15) is 4.79 Å². The van der Waals surface area contributed by atoms with Gasteiger partial charge in [0.05, 0.1) is 12.0 Å². The molecule has 0 aromatic heterocycles. The predicted octanol–water partition coefficient (Wildman–Crippen LogP) is 5.73. The molecule has 0 spiro atoms. The molecule has 1 aliphatic rings. The highest BCUT2D eigenvalue weighted by molar-refractivity contribution is 6.31. The molecule has 0 aliphatic carbocycles. The molecule has 0 radical (unpaired) electrons. The first-order chi connectivity index (χ1) is 13.7. The van der Waals surface area contributed by atoms with Gasteiger partial charge in [-0.15, -0.1) is 0 Å². The largest absolute Gasteiger partial charge is 0.349 e. The van der Waals surface area contributed by atoms with Crippen LogP contribution in [0.1, 0.15) is 63.3 Å². The van der Waals surface area contributed by atoms with Crippen LogP contribution < -0.4 is 5.32 Å². The van der Waals surface area contributed by atoms with Gasteiger partial charge in [-0.3, -0.25) is 9.69 Å². The van der Waals surface area contributed by atoms with Gasteiger partial charge in [0.1, 0.15) is 0 Å². The van der Waals surface area contributed by atoms with E-state index in [2.05, 4.69) is 68.2 Å². The Hall–Kier alpha value is -1.84. The number of benzene rings is 2. The maximum atomic E-state index is 12.9. The van der Waals surface area contributed by atoms with E-state index in [0.29, 0.717) is 0 Å². The Bertz CT molecular complexity index is 825. The lowest BCUT2D eigenvalue weighted by molar-refractivity contribution is -0.127. The van der Waals surface area contributed by atoms with Crippen LogP contribution in [0.4, 0.5) is 0 Å². The van der Waals surface area contributed by atoms with Crippen molar-refractivity contribution in [3.63, 3.8) is 0 Å². The summed E-state index contributed by atoms with van der Waals surface area (Å²) >= 11 is 6.31. The fourth-order valence-electron chi connectivity index (χ4n) is 3.97. The lowest BCUT2D eigenvalue weighted by Gasteiger charge is -2.33. The van der Waals surface area contributed by atoms with Crippen LogP contribution in [-0.2, 0) is 16.8 Å². The minimum atomic E-state index is 0.00969. The summed E-state index contributed by atoms with van der Waals surface area (Å²) in [5, 5.41) is 4.03. The summed E-state index contributed by atoms with van der Waals surface area (Å²) in [5.41, 5.74) is 3.72. The molecule has 1 saturated heterocycles. The second kappa shape index (κ2) is 9.32. The Kier molecular flexibility index (Phi) is 7.02. The minimum absolute atomic E-state index is 0.00969. The topological polar surface area (TPSA) is 32.3 Å². The minimum Gasteiger partial charge on any atom is -0.349 e. The zero-order chi connectivity index (χ0) is 21.0. The van der Waals surface area contributed by atoms with Crippen molar-refractivity contribution in [1.82, 2.24) is 10.2 Å². The van der Waals surface area contributed by atoms with E-state index in [1.54, 1.807) is 0 Å². The van der Waals surface area contributed by atoms with Gasteiger partial charge in [-0.1, -0.05) is 74.8 Å². The van der Waals surface area contributed by atoms with Crippen molar-refractivity contribution >= 4 is 17.5 Å². The molecule has 2 atom stereocenters. The van der Waals surface area contributed by atoms with Crippen molar-refractivity contribution in [1.29, 1.82) is 0 Å². The van der Waals surface area contributed by atoms with Crippen LogP contribution in [0.2, 0.25) is 5.02 Å². The summed E-state index contributed by atoms with van der Waals surface area (Å²) < 4.78 is 0.